The van der Waals surface area contributed by atoms with Gasteiger partial charge in [-0.05, 0) is 46.0 Å². The maximum absolute atomic E-state index is 12.3. The Morgan fingerprint density at radius 1 is 1.04 bits per heavy atom. The van der Waals surface area contributed by atoms with Crippen molar-refractivity contribution in [3.63, 3.8) is 0 Å². The molecule has 0 heterocycles. The molecule has 0 aromatic rings. The average Bonchev–Trinajstić information content (AvgIpc) is 2.66. The van der Waals surface area contributed by atoms with E-state index in [1.54, 1.807) is 0 Å². The van der Waals surface area contributed by atoms with Gasteiger partial charge in [0, 0.05) is 33.7 Å². The summed E-state index contributed by atoms with van der Waals surface area (Å²) < 4.78 is 10.6. The van der Waals surface area contributed by atoms with Crippen molar-refractivity contribution in [3.05, 3.63) is 0 Å². The molecule has 166 valence electrons. The smallest absolute Gasteiger partial charge is 0.246 e. The topological polar surface area (TPSA) is 93.7 Å². The number of hydrogen-bond donors (Lipinski definition) is 2. The zero-order chi connectivity index (χ0) is 20.9. The maximum Gasteiger partial charge on any atom is 0.246 e. The van der Waals surface area contributed by atoms with Gasteiger partial charge in [-0.2, -0.15) is 0 Å². The Hall–Kier alpha value is -1.47. The Labute approximate surface area is 172 Å². The van der Waals surface area contributed by atoms with Gasteiger partial charge in [0.2, 0.25) is 11.8 Å². The second-order valence-electron chi connectivity index (χ2n) is 7.90. The van der Waals surface area contributed by atoms with E-state index in [1.165, 1.54) is 0 Å². The highest BCUT2D eigenvalue weighted by Crippen LogP contribution is 2.27. The Kier molecular flexibility index (Phi) is 12.0. The zero-order valence-electron chi connectivity index (χ0n) is 17.9. The number of ether oxygens (including phenoxy) is 2. The van der Waals surface area contributed by atoms with E-state index in [0.717, 1.165) is 32.1 Å². The summed E-state index contributed by atoms with van der Waals surface area (Å²) in [5.41, 5.74) is 0. The highest BCUT2D eigenvalue weighted by molar-refractivity contribution is 5.83. The second kappa shape index (κ2) is 13.7. The summed E-state index contributed by atoms with van der Waals surface area (Å²) in [5.74, 6) is 0.417. The molecule has 2 amide bonds. The first-order valence-corrected chi connectivity index (χ1v) is 10.6. The minimum absolute atomic E-state index is 0. The van der Waals surface area contributed by atoms with E-state index in [2.05, 4.69) is 10.6 Å². The summed E-state index contributed by atoms with van der Waals surface area (Å²) in [6.07, 6.45) is 4.70. The number of hydrogen-bond acceptors (Lipinski definition) is 5. The molecule has 0 aromatic carbocycles. The molecular formula is C21H42N2O5. The summed E-state index contributed by atoms with van der Waals surface area (Å²) in [6, 6.07) is 0.123. The van der Waals surface area contributed by atoms with Crippen molar-refractivity contribution < 1.29 is 26.7 Å². The first-order chi connectivity index (χ1) is 13.3. The molecule has 1 aliphatic rings. The molecule has 0 saturated heterocycles. The van der Waals surface area contributed by atoms with Crippen LogP contribution in [0.3, 0.4) is 0 Å². The highest BCUT2D eigenvalue weighted by Gasteiger charge is 2.28. The number of ketones is 1. The molecule has 0 aromatic heterocycles. The number of amides is 2. The van der Waals surface area contributed by atoms with Crippen LogP contribution in [0.1, 0.15) is 69.1 Å². The molecule has 1 unspecified atom stereocenters. The van der Waals surface area contributed by atoms with Gasteiger partial charge in [0.15, 0.2) is 0 Å². The number of Topliss-reactive ketones (excluding diaryl/α,β-unsaturated/α-hetero) is 1. The fourth-order valence-corrected chi connectivity index (χ4v) is 3.30. The number of carbonyl (C=O) groups excluding carboxylic acids is 3. The van der Waals surface area contributed by atoms with Crippen LogP contribution in [-0.2, 0) is 23.9 Å². The zero-order valence-corrected chi connectivity index (χ0v) is 17.9. The van der Waals surface area contributed by atoms with E-state index < -0.39 is 0 Å². The highest BCUT2D eigenvalue weighted by atomic mass is 16.5. The van der Waals surface area contributed by atoms with Crippen LogP contribution in [0, 0.1) is 11.8 Å². The summed E-state index contributed by atoms with van der Waals surface area (Å²) in [5, 5.41) is 5.71. The van der Waals surface area contributed by atoms with Crippen LogP contribution in [0.4, 0.5) is 0 Å². The molecule has 0 radical (unpaired) electrons. The largest absolute Gasteiger partial charge is 0.378 e. The lowest BCUT2D eigenvalue weighted by atomic mass is 9.79. The van der Waals surface area contributed by atoms with Gasteiger partial charge in [0.05, 0.1) is 19.3 Å². The predicted molar refractivity (Wildman–Crippen MR) is 112 cm³/mol. The average molecular weight is 403 g/mol. The summed E-state index contributed by atoms with van der Waals surface area (Å²) in [7, 11) is 0. The molecule has 7 heteroatoms. The van der Waals surface area contributed by atoms with E-state index in [1.807, 2.05) is 27.7 Å². The van der Waals surface area contributed by atoms with Crippen LogP contribution in [0.15, 0.2) is 0 Å². The number of carbonyl (C=O) groups is 3. The fourth-order valence-electron chi connectivity index (χ4n) is 3.30. The molecule has 0 spiro atoms. The molecular weight excluding hydrogens is 360 g/mol. The Morgan fingerprint density at radius 3 is 2.32 bits per heavy atom. The van der Waals surface area contributed by atoms with Crippen LogP contribution in [0.5, 0.6) is 0 Å². The van der Waals surface area contributed by atoms with Crippen molar-refractivity contribution in [1.82, 2.24) is 10.6 Å². The second-order valence-corrected chi connectivity index (χ2v) is 7.90. The number of nitrogens with one attached hydrogen (secondary N) is 2. The van der Waals surface area contributed by atoms with Crippen molar-refractivity contribution in [2.24, 2.45) is 11.8 Å². The normalized spacial score (nSPS) is 20.6. The van der Waals surface area contributed by atoms with Gasteiger partial charge < -0.3 is 20.1 Å². The van der Waals surface area contributed by atoms with Gasteiger partial charge in [-0.3, -0.25) is 14.4 Å². The van der Waals surface area contributed by atoms with Crippen LogP contribution >= 0.6 is 0 Å². The molecule has 28 heavy (non-hydrogen) atoms. The van der Waals surface area contributed by atoms with Crippen molar-refractivity contribution >= 4 is 17.6 Å². The van der Waals surface area contributed by atoms with Crippen LogP contribution in [0.25, 0.3) is 0 Å². The minimum Gasteiger partial charge on any atom is -0.378 e. The molecule has 1 fully saturated rings. The van der Waals surface area contributed by atoms with Gasteiger partial charge in [-0.15, -0.1) is 0 Å². The Morgan fingerprint density at radius 2 is 1.71 bits per heavy atom. The molecule has 1 rings (SSSR count). The van der Waals surface area contributed by atoms with E-state index >= 15 is 0 Å². The standard InChI is InChI=1S/C21H38N2O5.2H2/c1-5-16(4)21(26)17-6-8-18(9-7-17)23-20(25)14-27-13-11-22-19(24)10-12-28-15(2)3;;/h15-18H,5-14H2,1-4H3,(H,22,24)(H,23,25);2*1H. The van der Waals surface area contributed by atoms with E-state index in [4.69, 9.17) is 9.47 Å². The van der Waals surface area contributed by atoms with Crippen LogP contribution in [0.2, 0.25) is 0 Å². The molecule has 1 atom stereocenters. The van der Waals surface area contributed by atoms with Crippen molar-refractivity contribution in [1.29, 1.82) is 0 Å². The third-order valence-corrected chi connectivity index (χ3v) is 5.17. The molecule has 1 saturated carbocycles. The molecule has 1 aliphatic carbocycles. The van der Waals surface area contributed by atoms with Gasteiger partial charge in [0.1, 0.15) is 12.4 Å². The van der Waals surface area contributed by atoms with Crippen LogP contribution < -0.4 is 10.6 Å². The molecule has 0 aliphatic heterocycles. The predicted octanol–water partition coefficient (Wildman–Crippen LogP) is 2.72. The number of rotatable bonds is 13. The molecule has 7 nitrogen and oxygen atoms in total. The summed E-state index contributed by atoms with van der Waals surface area (Å²) in [4.78, 5) is 35.8. The van der Waals surface area contributed by atoms with E-state index in [9.17, 15) is 14.4 Å². The third-order valence-electron chi connectivity index (χ3n) is 5.17. The summed E-state index contributed by atoms with van der Waals surface area (Å²) >= 11 is 0. The maximum atomic E-state index is 12.3. The molecule has 2 N–H and O–H groups in total. The fraction of sp³-hybridized carbons (Fsp3) is 0.857. The van der Waals surface area contributed by atoms with Crippen LogP contribution in [-0.4, -0.2) is 56.1 Å². The van der Waals surface area contributed by atoms with Gasteiger partial charge >= 0.3 is 0 Å². The SMILES string of the molecule is CCC(C)C(=O)C1CCC(NC(=O)COCCNC(=O)CCOC(C)C)CC1.[HH].[HH]. The van der Waals surface area contributed by atoms with Crippen molar-refractivity contribution in [3.8, 4) is 0 Å². The van der Waals surface area contributed by atoms with E-state index in [0.29, 0.717) is 32.0 Å². The lowest BCUT2D eigenvalue weighted by molar-refractivity contribution is -0.128. The first kappa shape index (κ1) is 24.6. The Balaban J connectivity index is 0. The Bertz CT molecular complexity index is 498. The van der Waals surface area contributed by atoms with Gasteiger partial charge in [0.25, 0.3) is 0 Å². The summed E-state index contributed by atoms with van der Waals surface area (Å²) in [6.45, 7) is 8.94. The van der Waals surface area contributed by atoms with Crippen molar-refractivity contribution in [2.45, 2.75) is 78.4 Å². The monoisotopic (exact) mass is 402 g/mol. The first-order valence-electron chi connectivity index (χ1n) is 10.6. The minimum atomic E-state index is -0.145. The lowest BCUT2D eigenvalue weighted by Crippen LogP contribution is -2.41. The quantitative estimate of drug-likeness (QED) is 0.462. The molecule has 0 bridgehead atoms. The third kappa shape index (κ3) is 10.2. The van der Waals surface area contributed by atoms with Gasteiger partial charge in [-0.1, -0.05) is 13.8 Å². The van der Waals surface area contributed by atoms with Crippen molar-refractivity contribution in [2.75, 3.05) is 26.4 Å². The van der Waals surface area contributed by atoms with Gasteiger partial charge in [-0.25, -0.2) is 0 Å². The lowest BCUT2D eigenvalue weighted by Gasteiger charge is -2.29. The van der Waals surface area contributed by atoms with E-state index in [-0.39, 0.29) is 45.3 Å².